The van der Waals surface area contributed by atoms with Gasteiger partial charge in [-0.05, 0) is 44.2 Å². The molecule has 3 nitrogen and oxygen atoms in total. The van der Waals surface area contributed by atoms with E-state index in [-0.39, 0.29) is 0 Å². The second-order valence-electron chi connectivity index (χ2n) is 5.96. The van der Waals surface area contributed by atoms with Crippen LogP contribution in [0.1, 0.15) is 33.1 Å². The Morgan fingerprint density at radius 2 is 2.18 bits per heavy atom. The summed E-state index contributed by atoms with van der Waals surface area (Å²) in [4.78, 5) is 2.64. The number of piperidine rings is 1. The molecule has 2 rings (SSSR count). The molecule has 2 fully saturated rings. The molecule has 0 aromatic carbocycles. The quantitative estimate of drug-likeness (QED) is 0.716. The zero-order valence-corrected chi connectivity index (χ0v) is 11.5. The van der Waals surface area contributed by atoms with Crippen molar-refractivity contribution >= 4 is 0 Å². The van der Waals surface area contributed by atoms with Crippen LogP contribution >= 0.6 is 0 Å². The van der Waals surface area contributed by atoms with Gasteiger partial charge in [-0.15, -0.1) is 0 Å². The third-order valence-electron chi connectivity index (χ3n) is 4.16. The predicted octanol–water partition coefficient (Wildman–Crippen LogP) is 1.73. The molecule has 0 saturated carbocycles. The van der Waals surface area contributed by atoms with E-state index in [0.29, 0.717) is 0 Å². The Balaban J connectivity index is 1.61. The zero-order valence-electron chi connectivity index (χ0n) is 11.5. The summed E-state index contributed by atoms with van der Waals surface area (Å²) in [6.45, 7) is 11.2. The monoisotopic (exact) mass is 240 g/mol. The molecule has 0 amide bonds. The first kappa shape index (κ1) is 13.3. The SMILES string of the molecule is CC(C)CCOCCN1CCCC2CNCC21. The summed E-state index contributed by atoms with van der Waals surface area (Å²) in [5.74, 6) is 1.66. The smallest absolute Gasteiger partial charge is 0.0593 e. The van der Waals surface area contributed by atoms with Gasteiger partial charge >= 0.3 is 0 Å². The average Bonchev–Trinajstić information content (AvgIpc) is 2.77. The molecule has 2 atom stereocenters. The number of nitrogens with one attached hydrogen (secondary N) is 1. The van der Waals surface area contributed by atoms with Crippen molar-refractivity contribution in [1.82, 2.24) is 10.2 Å². The molecular formula is C14H28N2O. The van der Waals surface area contributed by atoms with E-state index in [2.05, 4.69) is 24.1 Å². The summed E-state index contributed by atoms with van der Waals surface area (Å²) < 4.78 is 5.73. The maximum absolute atomic E-state index is 5.73. The van der Waals surface area contributed by atoms with E-state index in [1.54, 1.807) is 0 Å². The van der Waals surface area contributed by atoms with Crippen LogP contribution in [0.15, 0.2) is 0 Å². The first-order valence-electron chi connectivity index (χ1n) is 7.30. The van der Waals surface area contributed by atoms with Crippen LogP contribution in [0.2, 0.25) is 0 Å². The molecule has 100 valence electrons. The van der Waals surface area contributed by atoms with Crippen LogP contribution in [0.25, 0.3) is 0 Å². The molecule has 2 aliphatic rings. The first-order valence-corrected chi connectivity index (χ1v) is 7.30. The summed E-state index contributed by atoms with van der Waals surface area (Å²) in [6, 6.07) is 0.789. The van der Waals surface area contributed by atoms with Crippen LogP contribution in [-0.2, 0) is 4.74 Å². The van der Waals surface area contributed by atoms with E-state index >= 15 is 0 Å². The Labute approximate surface area is 106 Å². The van der Waals surface area contributed by atoms with Crippen molar-refractivity contribution in [2.45, 2.75) is 39.2 Å². The second kappa shape index (κ2) is 6.72. The van der Waals surface area contributed by atoms with Gasteiger partial charge in [-0.3, -0.25) is 4.90 Å². The maximum Gasteiger partial charge on any atom is 0.0593 e. The number of ether oxygens (including phenoxy) is 1. The Morgan fingerprint density at radius 1 is 1.29 bits per heavy atom. The zero-order chi connectivity index (χ0) is 12.1. The first-order chi connectivity index (χ1) is 8.27. The van der Waals surface area contributed by atoms with Crippen molar-refractivity contribution in [2.24, 2.45) is 11.8 Å². The molecule has 0 aliphatic carbocycles. The lowest BCUT2D eigenvalue weighted by Crippen LogP contribution is -2.46. The molecule has 3 heteroatoms. The number of likely N-dealkylation sites (tertiary alicyclic amines) is 1. The van der Waals surface area contributed by atoms with Crippen LogP contribution in [0.5, 0.6) is 0 Å². The van der Waals surface area contributed by atoms with E-state index in [1.807, 2.05) is 0 Å². The maximum atomic E-state index is 5.73. The molecule has 0 aromatic rings. The van der Waals surface area contributed by atoms with Crippen molar-refractivity contribution in [3.63, 3.8) is 0 Å². The Hall–Kier alpha value is -0.120. The summed E-state index contributed by atoms with van der Waals surface area (Å²) in [6.07, 6.45) is 3.98. The van der Waals surface area contributed by atoms with Gasteiger partial charge < -0.3 is 10.1 Å². The topological polar surface area (TPSA) is 24.5 Å². The Morgan fingerprint density at radius 3 is 3.00 bits per heavy atom. The highest BCUT2D eigenvalue weighted by molar-refractivity contribution is 4.91. The molecule has 17 heavy (non-hydrogen) atoms. The summed E-state index contributed by atoms with van der Waals surface area (Å²) in [7, 11) is 0. The van der Waals surface area contributed by atoms with Crippen LogP contribution in [0, 0.1) is 11.8 Å². The number of fused-ring (bicyclic) bond motifs is 1. The van der Waals surface area contributed by atoms with Crippen LogP contribution in [0.3, 0.4) is 0 Å². The summed E-state index contributed by atoms with van der Waals surface area (Å²) >= 11 is 0. The van der Waals surface area contributed by atoms with E-state index in [1.165, 1.54) is 38.9 Å². The third kappa shape index (κ3) is 3.94. The minimum absolute atomic E-state index is 0.758. The normalized spacial score (nSPS) is 29.8. The molecular weight excluding hydrogens is 212 g/mol. The van der Waals surface area contributed by atoms with Crippen molar-refractivity contribution in [1.29, 1.82) is 0 Å². The minimum Gasteiger partial charge on any atom is -0.380 e. The minimum atomic E-state index is 0.758. The van der Waals surface area contributed by atoms with Gasteiger partial charge in [0.05, 0.1) is 6.61 Å². The standard InChI is InChI=1S/C14H28N2O/c1-12(2)5-8-17-9-7-16-6-3-4-13-10-15-11-14(13)16/h12-15H,3-11H2,1-2H3. The number of nitrogens with zero attached hydrogens (tertiary/aromatic N) is 1. The van der Waals surface area contributed by atoms with E-state index in [0.717, 1.165) is 37.6 Å². The Bertz CT molecular complexity index is 220. The molecule has 2 unspecified atom stereocenters. The van der Waals surface area contributed by atoms with Crippen molar-refractivity contribution in [3.05, 3.63) is 0 Å². The largest absolute Gasteiger partial charge is 0.380 e. The van der Waals surface area contributed by atoms with Crippen LogP contribution in [-0.4, -0.2) is 50.3 Å². The van der Waals surface area contributed by atoms with Gasteiger partial charge in [0.15, 0.2) is 0 Å². The number of rotatable bonds is 6. The predicted molar refractivity (Wildman–Crippen MR) is 71.2 cm³/mol. The fourth-order valence-corrected chi connectivity index (χ4v) is 3.04. The molecule has 2 aliphatic heterocycles. The van der Waals surface area contributed by atoms with Gasteiger partial charge in [0.2, 0.25) is 0 Å². The van der Waals surface area contributed by atoms with Gasteiger partial charge in [-0.1, -0.05) is 13.8 Å². The van der Waals surface area contributed by atoms with Gasteiger partial charge in [-0.2, -0.15) is 0 Å². The molecule has 1 N–H and O–H groups in total. The fourth-order valence-electron chi connectivity index (χ4n) is 3.04. The van der Waals surface area contributed by atoms with Gasteiger partial charge in [-0.25, -0.2) is 0 Å². The highest BCUT2D eigenvalue weighted by Gasteiger charge is 2.34. The molecule has 0 spiro atoms. The molecule has 0 radical (unpaired) electrons. The molecule has 2 heterocycles. The highest BCUT2D eigenvalue weighted by Crippen LogP contribution is 2.25. The van der Waals surface area contributed by atoms with Crippen molar-refractivity contribution in [3.8, 4) is 0 Å². The molecule has 2 saturated heterocycles. The number of hydrogen-bond donors (Lipinski definition) is 1. The summed E-state index contributed by atoms with van der Waals surface area (Å²) in [5, 5.41) is 3.53. The lowest BCUT2D eigenvalue weighted by molar-refractivity contribution is 0.0595. The molecule has 0 aromatic heterocycles. The molecule has 0 bridgehead atoms. The van der Waals surface area contributed by atoms with E-state index in [4.69, 9.17) is 4.74 Å². The second-order valence-corrected chi connectivity index (χ2v) is 5.96. The fraction of sp³-hybridized carbons (Fsp3) is 1.00. The van der Waals surface area contributed by atoms with Gasteiger partial charge in [0.25, 0.3) is 0 Å². The van der Waals surface area contributed by atoms with Crippen molar-refractivity contribution < 1.29 is 4.74 Å². The average molecular weight is 240 g/mol. The Kier molecular flexibility index (Phi) is 5.26. The third-order valence-corrected chi connectivity index (χ3v) is 4.16. The van der Waals surface area contributed by atoms with E-state index < -0.39 is 0 Å². The van der Waals surface area contributed by atoms with Crippen LogP contribution < -0.4 is 5.32 Å². The summed E-state index contributed by atoms with van der Waals surface area (Å²) in [5.41, 5.74) is 0. The van der Waals surface area contributed by atoms with Gasteiger partial charge in [0, 0.05) is 25.7 Å². The van der Waals surface area contributed by atoms with Crippen molar-refractivity contribution in [2.75, 3.05) is 39.4 Å². The lowest BCUT2D eigenvalue weighted by Gasteiger charge is -2.36. The lowest BCUT2D eigenvalue weighted by atomic mass is 9.92. The number of hydrogen-bond acceptors (Lipinski definition) is 3. The van der Waals surface area contributed by atoms with Gasteiger partial charge in [0.1, 0.15) is 0 Å². The highest BCUT2D eigenvalue weighted by atomic mass is 16.5. The van der Waals surface area contributed by atoms with E-state index in [9.17, 15) is 0 Å². The van der Waals surface area contributed by atoms with Crippen LogP contribution in [0.4, 0.5) is 0 Å².